The van der Waals surface area contributed by atoms with Crippen LogP contribution in [0.4, 0.5) is 4.79 Å². The topological polar surface area (TPSA) is 55.6 Å². The molecule has 2 rings (SSSR count). The Balaban J connectivity index is 2.30. The molecule has 1 heterocycles. The third-order valence-corrected chi connectivity index (χ3v) is 4.66. The summed E-state index contributed by atoms with van der Waals surface area (Å²) in [5.74, 6) is 0. The first-order valence-corrected chi connectivity index (χ1v) is 8.06. The molecule has 0 saturated carbocycles. The number of halogens is 2. The quantitative estimate of drug-likeness (QED) is 0.738. The summed E-state index contributed by atoms with van der Waals surface area (Å²) in [6.45, 7) is 6.53. The van der Waals surface area contributed by atoms with E-state index in [1.165, 1.54) is 0 Å². The number of fused-ring (bicyclic) bond motifs is 1. The highest BCUT2D eigenvalue weighted by Gasteiger charge is 2.28. The van der Waals surface area contributed by atoms with Crippen molar-refractivity contribution in [3.05, 3.63) is 32.8 Å². The van der Waals surface area contributed by atoms with Crippen LogP contribution in [0.25, 0.3) is 0 Å². The number of hydrogen-bond donors (Lipinski definition) is 1. The Labute approximate surface area is 138 Å². The zero-order valence-corrected chi connectivity index (χ0v) is 14.8. The van der Waals surface area contributed by atoms with Gasteiger partial charge in [0.1, 0.15) is 5.60 Å². The van der Waals surface area contributed by atoms with Crippen LogP contribution in [-0.2, 0) is 11.3 Å². The van der Waals surface area contributed by atoms with Crippen LogP contribution in [0.15, 0.2) is 16.6 Å². The first-order chi connectivity index (χ1) is 9.69. The van der Waals surface area contributed by atoms with Crippen molar-refractivity contribution in [3.8, 4) is 0 Å². The fourth-order valence-corrected chi connectivity index (χ4v) is 2.92. The van der Waals surface area contributed by atoms with Crippen molar-refractivity contribution >= 4 is 33.6 Å². The van der Waals surface area contributed by atoms with E-state index in [9.17, 15) is 4.79 Å². The molecule has 0 saturated heterocycles. The fraction of sp³-hybridized carbons (Fsp3) is 0.533. The molecular weight excluding hydrogens is 356 g/mol. The van der Waals surface area contributed by atoms with Crippen molar-refractivity contribution in [2.75, 3.05) is 6.54 Å². The van der Waals surface area contributed by atoms with Gasteiger partial charge in [-0.25, -0.2) is 4.79 Å². The van der Waals surface area contributed by atoms with Gasteiger partial charge in [-0.1, -0.05) is 17.7 Å². The molecule has 0 fully saturated rings. The van der Waals surface area contributed by atoms with E-state index in [-0.39, 0.29) is 12.1 Å². The van der Waals surface area contributed by atoms with E-state index in [1.54, 1.807) is 4.90 Å². The van der Waals surface area contributed by atoms with Gasteiger partial charge in [0.15, 0.2) is 0 Å². The zero-order chi connectivity index (χ0) is 15.8. The van der Waals surface area contributed by atoms with Crippen molar-refractivity contribution in [1.82, 2.24) is 4.90 Å². The molecule has 2 N–H and O–H groups in total. The normalized spacial score (nSPS) is 19.0. The largest absolute Gasteiger partial charge is 0.444 e. The van der Waals surface area contributed by atoms with E-state index in [4.69, 9.17) is 22.1 Å². The highest BCUT2D eigenvalue weighted by Crippen LogP contribution is 2.35. The van der Waals surface area contributed by atoms with E-state index in [0.29, 0.717) is 24.5 Å². The van der Waals surface area contributed by atoms with E-state index in [2.05, 4.69) is 15.9 Å². The summed E-state index contributed by atoms with van der Waals surface area (Å²) in [4.78, 5) is 13.9. The van der Waals surface area contributed by atoms with Gasteiger partial charge in [-0.05, 0) is 60.3 Å². The summed E-state index contributed by atoms with van der Waals surface area (Å²) < 4.78 is 6.25. The minimum atomic E-state index is -0.518. The Morgan fingerprint density at radius 2 is 2.14 bits per heavy atom. The maximum Gasteiger partial charge on any atom is 0.410 e. The smallest absolute Gasteiger partial charge is 0.410 e. The molecule has 1 atom stereocenters. The minimum Gasteiger partial charge on any atom is -0.444 e. The molecule has 0 bridgehead atoms. The molecule has 1 aliphatic heterocycles. The summed E-state index contributed by atoms with van der Waals surface area (Å²) in [6, 6.07) is 3.73. The lowest BCUT2D eigenvalue weighted by Gasteiger charge is -2.26. The first kappa shape index (κ1) is 16.6. The van der Waals surface area contributed by atoms with Crippen LogP contribution in [0.5, 0.6) is 0 Å². The van der Waals surface area contributed by atoms with Crippen LogP contribution >= 0.6 is 27.5 Å². The van der Waals surface area contributed by atoms with Crippen LogP contribution in [0, 0.1) is 0 Å². The van der Waals surface area contributed by atoms with Crippen LogP contribution in [0.2, 0.25) is 5.02 Å². The highest BCUT2D eigenvalue weighted by molar-refractivity contribution is 9.10. The molecule has 4 nitrogen and oxygen atoms in total. The lowest BCUT2D eigenvalue weighted by atomic mass is 10.0. The van der Waals surface area contributed by atoms with E-state index in [0.717, 1.165) is 15.6 Å². The van der Waals surface area contributed by atoms with E-state index in [1.807, 2.05) is 32.9 Å². The molecule has 1 aliphatic rings. The Hall–Kier alpha value is -0.780. The SMILES string of the molecule is CC(C)(C)OC(=O)N1CC[C@H](N)c2ccc(Br)c(Cl)c2C1. The molecule has 0 aliphatic carbocycles. The van der Waals surface area contributed by atoms with Crippen LogP contribution < -0.4 is 5.73 Å². The summed E-state index contributed by atoms with van der Waals surface area (Å²) in [5, 5.41) is 0.610. The van der Waals surface area contributed by atoms with Gasteiger partial charge in [-0.3, -0.25) is 0 Å². The molecule has 21 heavy (non-hydrogen) atoms. The number of rotatable bonds is 0. The van der Waals surface area contributed by atoms with Gasteiger partial charge in [-0.2, -0.15) is 0 Å². The molecular formula is C15H20BrClN2O2. The highest BCUT2D eigenvalue weighted by atomic mass is 79.9. The average Bonchev–Trinajstić information content (AvgIpc) is 2.52. The molecule has 6 heteroatoms. The van der Waals surface area contributed by atoms with Gasteiger partial charge >= 0.3 is 6.09 Å². The van der Waals surface area contributed by atoms with Crippen molar-refractivity contribution in [1.29, 1.82) is 0 Å². The Kier molecular flexibility index (Phi) is 4.85. The summed E-state index contributed by atoms with van der Waals surface area (Å²) >= 11 is 9.79. The van der Waals surface area contributed by atoms with Crippen LogP contribution in [0.1, 0.15) is 44.4 Å². The van der Waals surface area contributed by atoms with Gasteiger partial charge in [-0.15, -0.1) is 0 Å². The van der Waals surface area contributed by atoms with Gasteiger partial charge < -0.3 is 15.4 Å². The number of carbonyl (C=O) groups is 1. The van der Waals surface area contributed by atoms with Crippen molar-refractivity contribution in [2.45, 2.75) is 45.4 Å². The predicted molar refractivity (Wildman–Crippen MR) is 87.3 cm³/mol. The lowest BCUT2D eigenvalue weighted by Crippen LogP contribution is -2.36. The number of nitrogens with two attached hydrogens (primary N) is 1. The van der Waals surface area contributed by atoms with Crippen molar-refractivity contribution < 1.29 is 9.53 Å². The summed E-state index contributed by atoms with van der Waals surface area (Å²) in [7, 11) is 0. The third-order valence-electron chi connectivity index (χ3n) is 3.34. The molecule has 0 spiro atoms. The molecule has 116 valence electrons. The van der Waals surface area contributed by atoms with Crippen LogP contribution in [-0.4, -0.2) is 23.1 Å². The molecule has 0 radical (unpaired) electrons. The number of benzene rings is 1. The molecule has 1 aromatic rings. The average molecular weight is 376 g/mol. The molecule has 1 aromatic carbocycles. The standard InChI is InChI=1S/C15H20BrClN2O2/c1-15(2,3)21-14(20)19-7-6-12(18)9-4-5-11(16)13(17)10(9)8-19/h4-5,12H,6-8,18H2,1-3H3/t12-/m0/s1. The lowest BCUT2D eigenvalue weighted by molar-refractivity contribution is 0.0235. The molecule has 1 amide bonds. The third kappa shape index (κ3) is 3.90. The van der Waals surface area contributed by atoms with Gasteiger partial charge in [0.25, 0.3) is 0 Å². The van der Waals surface area contributed by atoms with Crippen LogP contribution in [0.3, 0.4) is 0 Å². The first-order valence-electron chi connectivity index (χ1n) is 6.89. The Morgan fingerprint density at radius 3 is 2.76 bits per heavy atom. The van der Waals surface area contributed by atoms with Gasteiger partial charge in [0.05, 0.1) is 11.6 Å². The zero-order valence-electron chi connectivity index (χ0n) is 12.5. The maximum absolute atomic E-state index is 12.3. The van der Waals surface area contributed by atoms with Gasteiger partial charge in [0.2, 0.25) is 0 Å². The monoisotopic (exact) mass is 374 g/mol. The van der Waals surface area contributed by atoms with E-state index < -0.39 is 5.60 Å². The van der Waals surface area contributed by atoms with Gasteiger partial charge in [0, 0.05) is 17.1 Å². The second-order valence-electron chi connectivity index (χ2n) is 6.23. The minimum absolute atomic E-state index is 0.127. The molecule has 0 unspecified atom stereocenters. The molecule has 0 aromatic heterocycles. The van der Waals surface area contributed by atoms with E-state index >= 15 is 0 Å². The van der Waals surface area contributed by atoms with Crippen molar-refractivity contribution in [3.63, 3.8) is 0 Å². The number of amides is 1. The number of ether oxygens (including phenoxy) is 1. The number of hydrogen-bond acceptors (Lipinski definition) is 3. The Bertz CT molecular complexity index is 557. The fourth-order valence-electron chi connectivity index (χ4n) is 2.32. The predicted octanol–water partition coefficient (Wildman–Crippen LogP) is 4.24. The second-order valence-corrected chi connectivity index (χ2v) is 7.46. The summed E-state index contributed by atoms with van der Waals surface area (Å²) in [6.07, 6.45) is 0.350. The Morgan fingerprint density at radius 1 is 1.48 bits per heavy atom. The second kappa shape index (κ2) is 6.15. The summed E-state index contributed by atoms with van der Waals surface area (Å²) in [5.41, 5.74) is 7.57. The van der Waals surface area contributed by atoms with Crippen molar-refractivity contribution in [2.24, 2.45) is 5.73 Å². The number of nitrogens with zero attached hydrogens (tertiary/aromatic N) is 1. The maximum atomic E-state index is 12.3. The number of carbonyl (C=O) groups excluding carboxylic acids is 1.